The maximum absolute atomic E-state index is 12.3. The summed E-state index contributed by atoms with van der Waals surface area (Å²) in [5.74, 6) is 0.459. The number of furan rings is 1. The van der Waals surface area contributed by atoms with Gasteiger partial charge in [-0.05, 0) is 25.0 Å². The normalized spacial score (nSPS) is 21.1. The molecule has 0 unspecified atom stereocenters. The Morgan fingerprint density at radius 2 is 2.13 bits per heavy atom. The summed E-state index contributed by atoms with van der Waals surface area (Å²) in [5, 5.41) is 3.00. The fourth-order valence-corrected chi connectivity index (χ4v) is 2.70. The summed E-state index contributed by atoms with van der Waals surface area (Å²) < 4.78 is 16.7. The Labute approximate surface area is 135 Å². The van der Waals surface area contributed by atoms with Gasteiger partial charge >= 0.3 is 0 Å². The van der Waals surface area contributed by atoms with Crippen LogP contribution in [0.5, 0.6) is 0 Å². The fourth-order valence-electron chi connectivity index (χ4n) is 2.70. The van der Waals surface area contributed by atoms with Crippen LogP contribution in [-0.2, 0) is 16.1 Å². The van der Waals surface area contributed by atoms with Crippen molar-refractivity contribution >= 4 is 5.91 Å². The summed E-state index contributed by atoms with van der Waals surface area (Å²) in [6.07, 6.45) is 2.23. The van der Waals surface area contributed by atoms with Gasteiger partial charge in [0, 0.05) is 6.61 Å². The predicted octanol–water partition coefficient (Wildman–Crippen LogP) is 2.69. The second kappa shape index (κ2) is 7.44. The summed E-state index contributed by atoms with van der Waals surface area (Å²) in [5.41, 5.74) is 1.67. The van der Waals surface area contributed by atoms with Gasteiger partial charge in [0.1, 0.15) is 5.76 Å². The topological polar surface area (TPSA) is 60.7 Å². The zero-order valence-electron chi connectivity index (χ0n) is 13.2. The molecule has 122 valence electrons. The second-order valence-electron chi connectivity index (χ2n) is 5.67. The Morgan fingerprint density at radius 3 is 2.87 bits per heavy atom. The first-order valence-corrected chi connectivity index (χ1v) is 7.82. The first kappa shape index (κ1) is 15.8. The van der Waals surface area contributed by atoms with Gasteiger partial charge < -0.3 is 19.2 Å². The van der Waals surface area contributed by atoms with E-state index < -0.39 is 0 Å². The summed E-state index contributed by atoms with van der Waals surface area (Å²) in [4.78, 5) is 12.3. The molecule has 1 aliphatic heterocycles. The van der Waals surface area contributed by atoms with E-state index in [1.54, 1.807) is 13.0 Å². The molecular formula is C18H21NO4. The molecular weight excluding hydrogens is 294 g/mol. The maximum atomic E-state index is 12.3. The third-order valence-electron chi connectivity index (χ3n) is 4.02. The van der Waals surface area contributed by atoms with E-state index in [9.17, 15) is 4.79 Å². The monoisotopic (exact) mass is 315 g/mol. The molecule has 1 aliphatic rings. The molecule has 5 heteroatoms. The van der Waals surface area contributed by atoms with Crippen LogP contribution in [0.2, 0.25) is 0 Å². The molecule has 1 fully saturated rings. The summed E-state index contributed by atoms with van der Waals surface area (Å²) in [7, 11) is 0. The third kappa shape index (κ3) is 4.00. The lowest BCUT2D eigenvalue weighted by molar-refractivity contribution is -0.0605. The molecule has 1 saturated heterocycles. The van der Waals surface area contributed by atoms with Crippen LogP contribution in [0, 0.1) is 6.92 Å². The van der Waals surface area contributed by atoms with Crippen LogP contribution in [0.25, 0.3) is 0 Å². The molecule has 3 rings (SSSR count). The largest absolute Gasteiger partial charge is 0.469 e. The minimum absolute atomic E-state index is 0.0555. The van der Waals surface area contributed by atoms with E-state index in [4.69, 9.17) is 13.9 Å². The number of aryl methyl sites for hydroxylation is 1. The van der Waals surface area contributed by atoms with E-state index in [2.05, 4.69) is 5.32 Å². The van der Waals surface area contributed by atoms with Gasteiger partial charge in [0.25, 0.3) is 5.91 Å². The predicted molar refractivity (Wildman–Crippen MR) is 85.2 cm³/mol. The van der Waals surface area contributed by atoms with Crippen LogP contribution >= 0.6 is 0 Å². The zero-order chi connectivity index (χ0) is 16.1. The fraction of sp³-hybridized carbons (Fsp3) is 0.389. The molecule has 1 aromatic carbocycles. The third-order valence-corrected chi connectivity index (χ3v) is 4.02. The van der Waals surface area contributed by atoms with Crippen molar-refractivity contribution in [1.29, 1.82) is 0 Å². The van der Waals surface area contributed by atoms with Crippen LogP contribution in [-0.4, -0.2) is 31.3 Å². The highest BCUT2D eigenvalue weighted by atomic mass is 16.5. The first-order valence-electron chi connectivity index (χ1n) is 7.82. The van der Waals surface area contributed by atoms with Crippen LogP contribution in [0.4, 0.5) is 0 Å². The van der Waals surface area contributed by atoms with Crippen molar-refractivity contribution in [1.82, 2.24) is 5.32 Å². The number of rotatable bonds is 5. The van der Waals surface area contributed by atoms with E-state index in [-0.39, 0.29) is 18.1 Å². The number of carbonyl (C=O) groups excluding carboxylic acids is 1. The molecule has 5 nitrogen and oxygen atoms in total. The van der Waals surface area contributed by atoms with Crippen LogP contribution in [0.3, 0.4) is 0 Å². The lowest BCUT2D eigenvalue weighted by atomic mass is 10.1. The number of hydrogen-bond acceptors (Lipinski definition) is 4. The Kier molecular flexibility index (Phi) is 5.10. The molecule has 2 atom stereocenters. The smallest absolute Gasteiger partial charge is 0.255 e. The molecule has 0 aliphatic carbocycles. The van der Waals surface area contributed by atoms with Gasteiger partial charge in [-0.3, -0.25) is 4.79 Å². The number of benzene rings is 1. The summed E-state index contributed by atoms with van der Waals surface area (Å²) in [6.45, 7) is 3.41. The number of nitrogens with one attached hydrogen (secondary N) is 1. The standard InChI is InChI=1S/C18H21NO4/c1-13-15(7-10-22-13)18(20)19-16-12-21-9-8-17(16)23-11-14-5-3-2-4-6-14/h2-7,10,16-17H,8-9,11-12H2,1H3,(H,19,20)/t16-,17+/m1/s1. The second-order valence-corrected chi connectivity index (χ2v) is 5.67. The van der Waals surface area contributed by atoms with Crippen LogP contribution in [0.15, 0.2) is 47.1 Å². The van der Waals surface area contributed by atoms with E-state index in [0.717, 1.165) is 12.0 Å². The SMILES string of the molecule is Cc1occc1C(=O)N[C@@H]1COCC[C@@H]1OCc1ccccc1. The van der Waals surface area contributed by atoms with E-state index in [1.165, 1.54) is 6.26 Å². The van der Waals surface area contributed by atoms with Gasteiger partial charge in [0.2, 0.25) is 0 Å². The minimum atomic E-state index is -0.158. The van der Waals surface area contributed by atoms with Crippen molar-refractivity contribution in [3.05, 3.63) is 59.5 Å². The number of carbonyl (C=O) groups is 1. The van der Waals surface area contributed by atoms with E-state index in [0.29, 0.717) is 31.1 Å². The summed E-state index contributed by atoms with van der Waals surface area (Å²) >= 11 is 0. The molecule has 1 amide bonds. The quantitative estimate of drug-likeness (QED) is 0.921. The highest BCUT2D eigenvalue weighted by molar-refractivity contribution is 5.95. The highest BCUT2D eigenvalue weighted by Gasteiger charge is 2.29. The molecule has 0 bridgehead atoms. The van der Waals surface area contributed by atoms with Crippen LogP contribution in [0.1, 0.15) is 28.1 Å². The highest BCUT2D eigenvalue weighted by Crippen LogP contribution is 2.16. The van der Waals surface area contributed by atoms with Crippen molar-refractivity contribution in [3.63, 3.8) is 0 Å². The Morgan fingerprint density at radius 1 is 1.30 bits per heavy atom. The molecule has 2 aromatic rings. The lowest BCUT2D eigenvalue weighted by Crippen LogP contribution is -2.50. The van der Waals surface area contributed by atoms with Crippen molar-refractivity contribution in [2.45, 2.75) is 32.1 Å². The molecule has 0 spiro atoms. The van der Waals surface area contributed by atoms with Gasteiger partial charge in [0.05, 0.1) is 37.2 Å². The number of hydrogen-bond donors (Lipinski definition) is 1. The van der Waals surface area contributed by atoms with Crippen molar-refractivity contribution < 1.29 is 18.7 Å². The molecule has 23 heavy (non-hydrogen) atoms. The van der Waals surface area contributed by atoms with Gasteiger partial charge in [-0.25, -0.2) is 0 Å². The average Bonchev–Trinajstić information content (AvgIpc) is 3.01. The van der Waals surface area contributed by atoms with Gasteiger partial charge in [0.15, 0.2) is 0 Å². The van der Waals surface area contributed by atoms with Gasteiger partial charge in [-0.1, -0.05) is 30.3 Å². The number of ether oxygens (including phenoxy) is 2. The molecule has 2 heterocycles. The van der Waals surface area contributed by atoms with Crippen molar-refractivity contribution in [2.24, 2.45) is 0 Å². The zero-order valence-corrected chi connectivity index (χ0v) is 13.2. The molecule has 1 N–H and O–H groups in total. The summed E-state index contributed by atoms with van der Waals surface area (Å²) in [6, 6.07) is 11.5. The Bertz CT molecular complexity index is 637. The van der Waals surface area contributed by atoms with Crippen LogP contribution < -0.4 is 5.32 Å². The van der Waals surface area contributed by atoms with E-state index in [1.807, 2.05) is 30.3 Å². The van der Waals surface area contributed by atoms with Gasteiger partial charge in [-0.15, -0.1) is 0 Å². The molecule has 0 saturated carbocycles. The Hall–Kier alpha value is -2.11. The minimum Gasteiger partial charge on any atom is -0.469 e. The number of amides is 1. The molecule has 1 aromatic heterocycles. The first-order chi connectivity index (χ1) is 11.2. The average molecular weight is 315 g/mol. The lowest BCUT2D eigenvalue weighted by Gasteiger charge is -2.32. The Balaban J connectivity index is 1.60. The van der Waals surface area contributed by atoms with E-state index >= 15 is 0 Å². The maximum Gasteiger partial charge on any atom is 0.255 e. The molecule has 0 radical (unpaired) electrons. The van der Waals surface area contributed by atoms with Crippen molar-refractivity contribution in [3.8, 4) is 0 Å². The van der Waals surface area contributed by atoms with Gasteiger partial charge in [-0.2, -0.15) is 0 Å². The van der Waals surface area contributed by atoms with Crippen molar-refractivity contribution in [2.75, 3.05) is 13.2 Å².